The number of nitrogens with zero attached hydrogens (tertiary/aromatic N) is 1. The summed E-state index contributed by atoms with van der Waals surface area (Å²) in [7, 11) is 1.58. The molecule has 19 heavy (non-hydrogen) atoms. The van der Waals surface area contributed by atoms with Crippen LogP contribution in [0.1, 0.15) is 0 Å². The summed E-state index contributed by atoms with van der Waals surface area (Å²) in [6.07, 6.45) is 1.62. The topological polar surface area (TPSA) is 43.4 Å². The Balaban J connectivity index is 1.80. The average molecular weight is 279 g/mol. The molecule has 1 aromatic heterocycles. The number of ether oxygens (including phenoxy) is 2. The van der Waals surface area contributed by atoms with Gasteiger partial charge in [-0.1, -0.05) is 29.8 Å². The first-order valence-electron chi connectivity index (χ1n) is 5.91. The minimum absolute atomic E-state index is 0.527. The van der Waals surface area contributed by atoms with Crippen LogP contribution in [0.4, 0.5) is 5.82 Å². The quantitative estimate of drug-likeness (QED) is 0.824. The van der Waals surface area contributed by atoms with E-state index < -0.39 is 0 Å². The van der Waals surface area contributed by atoms with Crippen LogP contribution in [0, 0.1) is 0 Å². The van der Waals surface area contributed by atoms with Crippen LogP contribution < -0.4 is 14.8 Å². The van der Waals surface area contributed by atoms with Gasteiger partial charge in [-0.25, -0.2) is 4.98 Å². The fraction of sp³-hybridized carbons (Fsp3) is 0.214. The Hall–Kier alpha value is -1.94. The number of methoxy groups -OCH3 is 1. The second-order valence-corrected chi connectivity index (χ2v) is 4.20. The van der Waals surface area contributed by atoms with E-state index in [1.54, 1.807) is 19.4 Å². The molecule has 0 radical (unpaired) electrons. The highest BCUT2D eigenvalue weighted by molar-refractivity contribution is 6.33. The minimum Gasteiger partial charge on any atom is -0.495 e. The van der Waals surface area contributed by atoms with Crippen molar-refractivity contribution >= 4 is 17.4 Å². The lowest BCUT2D eigenvalue weighted by Crippen LogP contribution is -2.12. The third-order valence-electron chi connectivity index (χ3n) is 2.46. The number of anilines is 1. The van der Waals surface area contributed by atoms with Crippen molar-refractivity contribution in [3.8, 4) is 11.5 Å². The monoisotopic (exact) mass is 278 g/mol. The van der Waals surface area contributed by atoms with Gasteiger partial charge in [0.2, 0.25) is 0 Å². The van der Waals surface area contributed by atoms with Crippen molar-refractivity contribution in [2.75, 3.05) is 25.6 Å². The van der Waals surface area contributed by atoms with E-state index in [0.29, 0.717) is 29.7 Å². The molecule has 0 atom stereocenters. The first kappa shape index (κ1) is 13.5. The molecule has 0 aliphatic rings. The van der Waals surface area contributed by atoms with Crippen molar-refractivity contribution in [3.05, 3.63) is 47.6 Å². The molecule has 4 nitrogen and oxygen atoms in total. The highest BCUT2D eigenvalue weighted by Crippen LogP contribution is 2.23. The normalized spacial score (nSPS) is 10.0. The molecule has 2 rings (SSSR count). The van der Waals surface area contributed by atoms with Gasteiger partial charge in [0, 0.05) is 6.07 Å². The molecule has 1 aromatic carbocycles. The summed E-state index contributed by atoms with van der Waals surface area (Å²) >= 11 is 6.06. The molecule has 100 valence electrons. The van der Waals surface area contributed by atoms with Crippen molar-refractivity contribution in [1.29, 1.82) is 0 Å². The SMILES string of the molecule is COc1cnc(NCCOc2ccccc2)c(Cl)c1. The first-order valence-corrected chi connectivity index (χ1v) is 6.28. The number of aromatic nitrogens is 1. The second-order valence-electron chi connectivity index (χ2n) is 3.79. The van der Waals surface area contributed by atoms with E-state index in [1.807, 2.05) is 30.3 Å². The standard InChI is InChI=1S/C14H15ClN2O2/c1-18-12-9-13(15)14(17-10-12)16-7-8-19-11-5-3-2-4-6-11/h2-6,9-10H,7-8H2,1H3,(H,16,17). The van der Waals surface area contributed by atoms with Crippen molar-refractivity contribution in [1.82, 2.24) is 4.98 Å². The van der Waals surface area contributed by atoms with Gasteiger partial charge < -0.3 is 14.8 Å². The maximum Gasteiger partial charge on any atom is 0.145 e. The van der Waals surface area contributed by atoms with Crippen LogP contribution in [0.2, 0.25) is 5.02 Å². The second kappa shape index (κ2) is 6.85. The van der Waals surface area contributed by atoms with Crippen LogP contribution in [-0.4, -0.2) is 25.2 Å². The molecule has 0 aliphatic carbocycles. The predicted molar refractivity (Wildman–Crippen MR) is 76.2 cm³/mol. The van der Waals surface area contributed by atoms with Crippen LogP contribution in [0.3, 0.4) is 0 Å². The number of rotatable bonds is 6. The van der Waals surface area contributed by atoms with Gasteiger partial charge in [-0.05, 0) is 12.1 Å². The molecule has 0 saturated carbocycles. The lowest BCUT2D eigenvalue weighted by molar-refractivity contribution is 0.333. The molecule has 5 heteroatoms. The van der Waals surface area contributed by atoms with Crippen LogP contribution in [0.25, 0.3) is 0 Å². The Kier molecular flexibility index (Phi) is 4.86. The lowest BCUT2D eigenvalue weighted by Gasteiger charge is -2.09. The molecule has 0 aliphatic heterocycles. The van der Waals surface area contributed by atoms with Gasteiger partial charge in [-0.15, -0.1) is 0 Å². The van der Waals surface area contributed by atoms with E-state index >= 15 is 0 Å². The fourth-order valence-electron chi connectivity index (χ4n) is 1.52. The Morgan fingerprint density at radius 3 is 2.68 bits per heavy atom. The molecular weight excluding hydrogens is 264 g/mol. The molecule has 0 unspecified atom stereocenters. The zero-order valence-electron chi connectivity index (χ0n) is 10.6. The van der Waals surface area contributed by atoms with E-state index in [4.69, 9.17) is 21.1 Å². The smallest absolute Gasteiger partial charge is 0.145 e. The van der Waals surface area contributed by atoms with Crippen molar-refractivity contribution in [2.24, 2.45) is 0 Å². The van der Waals surface area contributed by atoms with Gasteiger partial charge in [0.25, 0.3) is 0 Å². The molecule has 1 heterocycles. The van der Waals surface area contributed by atoms with E-state index in [9.17, 15) is 0 Å². The maximum absolute atomic E-state index is 6.06. The summed E-state index contributed by atoms with van der Waals surface area (Å²) in [5.41, 5.74) is 0. The van der Waals surface area contributed by atoms with Crippen LogP contribution in [0.5, 0.6) is 11.5 Å². The summed E-state index contributed by atoms with van der Waals surface area (Å²) in [6, 6.07) is 11.4. The Morgan fingerprint density at radius 1 is 1.21 bits per heavy atom. The number of benzene rings is 1. The number of hydrogen-bond acceptors (Lipinski definition) is 4. The molecule has 0 fully saturated rings. The third kappa shape index (κ3) is 4.03. The van der Waals surface area contributed by atoms with Crippen LogP contribution in [-0.2, 0) is 0 Å². The fourth-order valence-corrected chi connectivity index (χ4v) is 1.74. The van der Waals surface area contributed by atoms with Gasteiger partial charge in [-0.2, -0.15) is 0 Å². The van der Waals surface area contributed by atoms with Crippen molar-refractivity contribution < 1.29 is 9.47 Å². The van der Waals surface area contributed by atoms with Crippen molar-refractivity contribution in [2.45, 2.75) is 0 Å². The Bertz CT molecular complexity index is 520. The van der Waals surface area contributed by atoms with Crippen LogP contribution in [0.15, 0.2) is 42.6 Å². The van der Waals surface area contributed by atoms with Gasteiger partial charge >= 0.3 is 0 Å². The van der Waals surface area contributed by atoms with Gasteiger partial charge in [0.15, 0.2) is 0 Å². The van der Waals surface area contributed by atoms with E-state index in [-0.39, 0.29) is 0 Å². The van der Waals surface area contributed by atoms with Crippen molar-refractivity contribution in [3.63, 3.8) is 0 Å². The number of pyridine rings is 1. The molecular formula is C14H15ClN2O2. The third-order valence-corrected chi connectivity index (χ3v) is 2.75. The zero-order valence-corrected chi connectivity index (χ0v) is 11.4. The van der Waals surface area contributed by atoms with Gasteiger partial charge in [0.05, 0.1) is 24.9 Å². The summed E-state index contributed by atoms with van der Waals surface area (Å²) in [5.74, 6) is 2.10. The first-order chi connectivity index (χ1) is 9.29. The Morgan fingerprint density at radius 2 is 2.00 bits per heavy atom. The largest absolute Gasteiger partial charge is 0.495 e. The molecule has 2 aromatic rings. The van der Waals surface area contributed by atoms with Gasteiger partial charge in [-0.3, -0.25) is 0 Å². The summed E-state index contributed by atoms with van der Waals surface area (Å²) in [5, 5.41) is 3.64. The highest BCUT2D eigenvalue weighted by Gasteiger charge is 2.03. The molecule has 0 amide bonds. The molecule has 1 N–H and O–H groups in total. The van der Waals surface area contributed by atoms with E-state index in [0.717, 1.165) is 5.75 Å². The average Bonchev–Trinajstić information content (AvgIpc) is 2.46. The number of nitrogens with one attached hydrogen (secondary N) is 1. The molecule has 0 saturated heterocycles. The van der Waals surface area contributed by atoms with Crippen LogP contribution >= 0.6 is 11.6 Å². The summed E-state index contributed by atoms with van der Waals surface area (Å²) in [6.45, 7) is 1.15. The number of para-hydroxylation sites is 1. The van der Waals surface area contributed by atoms with E-state index in [2.05, 4.69) is 10.3 Å². The summed E-state index contributed by atoms with van der Waals surface area (Å²) < 4.78 is 10.6. The predicted octanol–water partition coefficient (Wildman–Crippen LogP) is 3.23. The Labute approximate surface area is 117 Å². The lowest BCUT2D eigenvalue weighted by atomic mass is 10.3. The minimum atomic E-state index is 0.527. The highest BCUT2D eigenvalue weighted by atomic mass is 35.5. The zero-order chi connectivity index (χ0) is 13.5. The molecule has 0 spiro atoms. The number of hydrogen-bond donors (Lipinski definition) is 1. The van der Waals surface area contributed by atoms with E-state index in [1.165, 1.54) is 0 Å². The molecule has 0 bridgehead atoms. The maximum atomic E-state index is 6.06. The summed E-state index contributed by atoms with van der Waals surface area (Å²) in [4.78, 5) is 4.17. The number of halogens is 1. The van der Waals surface area contributed by atoms with Gasteiger partial charge in [0.1, 0.15) is 23.9 Å².